The Morgan fingerprint density at radius 2 is 1.68 bits per heavy atom. The van der Waals surface area contributed by atoms with Gasteiger partial charge in [-0.1, -0.05) is 19.8 Å². The highest BCUT2D eigenvalue weighted by Gasteiger charge is 2.27. The van der Waals surface area contributed by atoms with Gasteiger partial charge in [0.05, 0.1) is 0 Å². The number of halogens is 1. The summed E-state index contributed by atoms with van der Waals surface area (Å²) in [6.07, 6.45) is 9.67. The molecule has 0 saturated heterocycles. The van der Waals surface area contributed by atoms with Crippen LogP contribution in [0.1, 0.15) is 58.3 Å². The van der Waals surface area contributed by atoms with Crippen LogP contribution in [0.25, 0.3) is 0 Å². The largest absolute Gasteiger partial charge is 0.356 e. The topological polar surface area (TPSA) is 29.1 Å². The first kappa shape index (κ1) is 15.2. The Kier molecular flexibility index (Phi) is 6.00. The summed E-state index contributed by atoms with van der Waals surface area (Å²) in [4.78, 5) is 12.2. The fraction of sp³-hybridized carbons (Fsp3) is 0.938. The zero-order valence-corrected chi connectivity index (χ0v) is 12.9. The summed E-state index contributed by atoms with van der Waals surface area (Å²) in [7, 11) is 0. The fourth-order valence-electron chi connectivity index (χ4n) is 3.65. The number of hydrogen-bond donors (Lipinski definition) is 1. The molecule has 1 N–H and O–H groups in total. The number of carbonyl (C=O) groups is 1. The molecule has 2 rings (SSSR count). The Labute approximate surface area is 122 Å². The van der Waals surface area contributed by atoms with E-state index >= 15 is 0 Å². The van der Waals surface area contributed by atoms with Crippen molar-refractivity contribution < 1.29 is 4.79 Å². The molecular weight excluding hydrogens is 258 g/mol. The van der Waals surface area contributed by atoms with Crippen molar-refractivity contribution in [1.82, 2.24) is 5.32 Å². The fourth-order valence-corrected chi connectivity index (χ4v) is 4.06. The van der Waals surface area contributed by atoms with E-state index in [0.717, 1.165) is 31.2 Å². The predicted octanol–water partition coefficient (Wildman–Crippen LogP) is 3.97. The van der Waals surface area contributed by atoms with Crippen molar-refractivity contribution in [2.24, 2.45) is 23.7 Å². The van der Waals surface area contributed by atoms with Gasteiger partial charge in [0.15, 0.2) is 0 Å². The van der Waals surface area contributed by atoms with Gasteiger partial charge in [-0.2, -0.15) is 0 Å². The van der Waals surface area contributed by atoms with Crippen LogP contribution in [0, 0.1) is 23.7 Å². The van der Waals surface area contributed by atoms with Crippen molar-refractivity contribution in [3.8, 4) is 0 Å². The molecule has 2 atom stereocenters. The molecule has 2 unspecified atom stereocenters. The first-order chi connectivity index (χ1) is 9.20. The lowest BCUT2D eigenvalue weighted by Gasteiger charge is -2.31. The Hall–Kier alpha value is -0.240. The van der Waals surface area contributed by atoms with Crippen molar-refractivity contribution in [2.45, 2.75) is 58.3 Å². The highest BCUT2D eigenvalue weighted by Crippen LogP contribution is 2.31. The van der Waals surface area contributed by atoms with Crippen LogP contribution in [0.2, 0.25) is 0 Å². The normalized spacial score (nSPS) is 35.9. The summed E-state index contributed by atoms with van der Waals surface area (Å²) in [5.74, 6) is 3.35. The van der Waals surface area contributed by atoms with Gasteiger partial charge < -0.3 is 5.32 Å². The molecule has 0 radical (unpaired) electrons. The van der Waals surface area contributed by atoms with Crippen LogP contribution < -0.4 is 5.32 Å². The number of nitrogens with one attached hydrogen (secondary N) is 1. The van der Waals surface area contributed by atoms with Crippen molar-refractivity contribution in [2.75, 3.05) is 12.4 Å². The molecule has 0 aromatic heterocycles. The molecule has 0 aromatic carbocycles. The average molecular weight is 286 g/mol. The third-order valence-electron chi connectivity index (χ3n) is 5.19. The lowest BCUT2D eigenvalue weighted by Crippen LogP contribution is -2.38. The SMILES string of the molecule is CC1CCC(C(=O)NCC2CCCCC2CCl)CC1. The van der Waals surface area contributed by atoms with Gasteiger partial charge >= 0.3 is 0 Å². The second kappa shape index (κ2) is 7.52. The Bertz CT molecular complexity index is 286. The molecule has 110 valence electrons. The number of alkyl halides is 1. The smallest absolute Gasteiger partial charge is 0.223 e. The molecule has 0 spiro atoms. The van der Waals surface area contributed by atoms with Crippen LogP contribution in [0.3, 0.4) is 0 Å². The van der Waals surface area contributed by atoms with Crippen molar-refractivity contribution in [3.05, 3.63) is 0 Å². The lowest BCUT2D eigenvalue weighted by atomic mass is 9.79. The maximum Gasteiger partial charge on any atom is 0.223 e. The zero-order valence-electron chi connectivity index (χ0n) is 12.2. The second-order valence-electron chi connectivity index (χ2n) is 6.66. The number of hydrogen-bond acceptors (Lipinski definition) is 1. The molecule has 2 nitrogen and oxygen atoms in total. The molecule has 0 bridgehead atoms. The van der Waals surface area contributed by atoms with E-state index in [9.17, 15) is 4.79 Å². The molecule has 2 saturated carbocycles. The van der Waals surface area contributed by atoms with Gasteiger partial charge in [-0.05, 0) is 56.3 Å². The quantitative estimate of drug-likeness (QED) is 0.778. The van der Waals surface area contributed by atoms with E-state index in [1.165, 1.54) is 38.5 Å². The van der Waals surface area contributed by atoms with E-state index in [1.54, 1.807) is 0 Å². The van der Waals surface area contributed by atoms with Gasteiger partial charge in [-0.3, -0.25) is 4.79 Å². The van der Waals surface area contributed by atoms with E-state index in [-0.39, 0.29) is 5.92 Å². The molecule has 0 aromatic rings. The third-order valence-corrected chi connectivity index (χ3v) is 5.59. The monoisotopic (exact) mass is 285 g/mol. The minimum absolute atomic E-state index is 0.272. The van der Waals surface area contributed by atoms with Gasteiger partial charge in [0, 0.05) is 18.3 Å². The maximum absolute atomic E-state index is 12.2. The molecule has 1 amide bonds. The van der Waals surface area contributed by atoms with E-state index in [0.29, 0.717) is 17.7 Å². The number of carbonyl (C=O) groups excluding carboxylic acids is 1. The Morgan fingerprint density at radius 1 is 1.05 bits per heavy atom. The summed E-state index contributed by atoms with van der Waals surface area (Å²) in [6, 6.07) is 0. The number of amides is 1. The molecule has 19 heavy (non-hydrogen) atoms. The average Bonchev–Trinajstić information content (AvgIpc) is 2.45. The minimum atomic E-state index is 0.272. The predicted molar refractivity (Wildman–Crippen MR) is 80.3 cm³/mol. The van der Waals surface area contributed by atoms with Crippen molar-refractivity contribution >= 4 is 17.5 Å². The summed E-state index contributed by atoms with van der Waals surface area (Å²) >= 11 is 6.04. The molecule has 0 heterocycles. The van der Waals surface area contributed by atoms with Gasteiger partial charge in [-0.15, -0.1) is 11.6 Å². The second-order valence-corrected chi connectivity index (χ2v) is 6.97. The molecule has 2 aliphatic rings. The summed E-state index contributed by atoms with van der Waals surface area (Å²) in [5, 5.41) is 3.20. The lowest BCUT2D eigenvalue weighted by molar-refractivity contribution is -0.126. The van der Waals surface area contributed by atoms with Crippen LogP contribution in [0.15, 0.2) is 0 Å². The van der Waals surface area contributed by atoms with Crippen LogP contribution in [-0.4, -0.2) is 18.3 Å². The Balaban J connectivity index is 1.73. The van der Waals surface area contributed by atoms with Crippen LogP contribution in [-0.2, 0) is 4.79 Å². The Morgan fingerprint density at radius 3 is 2.32 bits per heavy atom. The van der Waals surface area contributed by atoms with Crippen molar-refractivity contribution in [3.63, 3.8) is 0 Å². The van der Waals surface area contributed by atoms with Crippen LogP contribution in [0.5, 0.6) is 0 Å². The van der Waals surface area contributed by atoms with Crippen LogP contribution in [0.4, 0.5) is 0 Å². The first-order valence-corrected chi connectivity index (χ1v) is 8.57. The highest BCUT2D eigenvalue weighted by atomic mass is 35.5. The highest BCUT2D eigenvalue weighted by molar-refractivity contribution is 6.18. The van der Waals surface area contributed by atoms with Gasteiger partial charge in [-0.25, -0.2) is 0 Å². The minimum Gasteiger partial charge on any atom is -0.356 e. The molecule has 0 aliphatic heterocycles. The standard InChI is InChI=1S/C16H28ClNO/c1-12-6-8-13(9-7-12)16(19)18-11-15-5-3-2-4-14(15)10-17/h12-15H,2-11H2,1H3,(H,18,19). The van der Waals surface area contributed by atoms with Gasteiger partial charge in [0.2, 0.25) is 5.91 Å². The van der Waals surface area contributed by atoms with E-state index in [1.807, 2.05) is 0 Å². The number of rotatable bonds is 4. The maximum atomic E-state index is 12.2. The first-order valence-electron chi connectivity index (χ1n) is 8.04. The van der Waals surface area contributed by atoms with E-state index < -0.39 is 0 Å². The summed E-state index contributed by atoms with van der Waals surface area (Å²) in [5.41, 5.74) is 0. The van der Waals surface area contributed by atoms with E-state index in [4.69, 9.17) is 11.6 Å². The molecule has 3 heteroatoms. The van der Waals surface area contributed by atoms with Gasteiger partial charge in [0.1, 0.15) is 0 Å². The third kappa shape index (κ3) is 4.37. The van der Waals surface area contributed by atoms with Crippen molar-refractivity contribution in [1.29, 1.82) is 0 Å². The summed E-state index contributed by atoms with van der Waals surface area (Å²) in [6.45, 7) is 3.14. The summed E-state index contributed by atoms with van der Waals surface area (Å²) < 4.78 is 0. The molecular formula is C16H28ClNO. The zero-order chi connectivity index (χ0) is 13.7. The van der Waals surface area contributed by atoms with E-state index in [2.05, 4.69) is 12.2 Å². The molecule has 2 aliphatic carbocycles. The van der Waals surface area contributed by atoms with Crippen LogP contribution >= 0.6 is 11.6 Å². The molecule has 2 fully saturated rings. The van der Waals surface area contributed by atoms with Gasteiger partial charge in [0.25, 0.3) is 0 Å².